The third kappa shape index (κ3) is 8.02. The molecule has 7 heteroatoms. The van der Waals surface area contributed by atoms with Crippen LogP contribution in [0.15, 0.2) is 0 Å². The molecule has 5 nitrogen and oxygen atoms in total. The number of rotatable bonds is 11. The quantitative estimate of drug-likeness (QED) is 0.308. The minimum Gasteiger partial charge on any atom is -0.417 e. The zero-order chi connectivity index (χ0) is 17.4. The van der Waals surface area contributed by atoms with E-state index in [9.17, 15) is 9.36 Å². The average molecular weight is 352 g/mol. The summed E-state index contributed by atoms with van der Waals surface area (Å²) in [5, 5.41) is 0.163. The number of carbonyl (C=O) groups excluding carboxylic acids is 1. The first-order valence-corrected chi connectivity index (χ1v) is 12.6. The molecule has 0 N–H and O–H groups in total. The lowest BCUT2D eigenvalue weighted by atomic mass is 10.2. The molecule has 0 aromatic rings. The highest BCUT2D eigenvalue weighted by Crippen LogP contribution is 2.48. The molecular weight excluding hydrogens is 319 g/mol. The SMILES string of the molecule is CCOP(=O)(CC(=O)CCCO[Si](C)(C)C(C)(C)C)OCC. The van der Waals surface area contributed by atoms with Crippen LogP contribution in [0, 0.1) is 0 Å². The van der Waals surface area contributed by atoms with Gasteiger partial charge in [-0.2, -0.15) is 0 Å². The summed E-state index contributed by atoms with van der Waals surface area (Å²) in [5.41, 5.74) is 0. The fourth-order valence-corrected chi connectivity index (χ4v) is 4.35. The first-order chi connectivity index (χ1) is 9.97. The summed E-state index contributed by atoms with van der Waals surface area (Å²) in [4.78, 5) is 12.0. The van der Waals surface area contributed by atoms with Crippen molar-refractivity contribution in [2.75, 3.05) is 26.0 Å². The van der Waals surface area contributed by atoms with Gasteiger partial charge in [-0.3, -0.25) is 9.36 Å². The van der Waals surface area contributed by atoms with Gasteiger partial charge in [0.15, 0.2) is 8.32 Å². The predicted octanol–water partition coefficient (Wildman–Crippen LogP) is 4.62. The Morgan fingerprint density at radius 3 is 2.00 bits per heavy atom. The summed E-state index contributed by atoms with van der Waals surface area (Å²) in [6, 6.07) is 0. The van der Waals surface area contributed by atoms with Crippen LogP contribution in [0.5, 0.6) is 0 Å². The van der Waals surface area contributed by atoms with Crippen molar-refractivity contribution in [3.63, 3.8) is 0 Å². The molecule has 0 saturated heterocycles. The Bertz CT molecular complexity index is 380. The maximum atomic E-state index is 12.3. The minimum atomic E-state index is -3.26. The number of hydrogen-bond acceptors (Lipinski definition) is 5. The van der Waals surface area contributed by atoms with Crippen LogP contribution in [0.25, 0.3) is 0 Å². The Hall–Kier alpha value is -0.00312. The van der Waals surface area contributed by atoms with Crippen molar-refractivity contribution in [3.05, 3.63) is 0 Å². The van der Waals surface area contributed by atoms with Crippen molar-refractivity contribution in [2.45, 2.75) is 65.6 Å². The van der Waals surface area contributed by atoms with Crippen LogP contribution in [0.1, 0.15) is 47.5 Å². The van der Waals surface area contributed by atoms with Crippen LogP contribution in [-0.2, 0) is 22.8 Å². The predicted molar refractivity (Wildman–Crippen MR) is 93.1 cm³/mol. The van der Waals surface area contributed by atoms with Gasteiger partial charge in [0, 0.05) is 13.0 Å². The van der Waals surface area contributed by atoms with Crippen LogP contribution < -0.4 is 0 Å². The van der Waals surface area contributed by atoms with E-state index >= 15 is 0 Å². The fourth-order valence-electron chi connectivity index (χ4n) is 1.63. The van der Waals surface area contributed by atoms with E-state index in [0.717, 1.165) is 0 Å². The van der Waals surface area contributed by atoms with E-state index in [1.807, 2.05) is 0 Å². The third-order valence-corrected chi connectivity index (χ3v) is 10.5. The standard InChI is InChI=1S/C15H33O5PSi/c1-8-18-21(17,19-9-2)13-14(16)11-10-12-20-22(6,7)15(3,4)5/h8-13H2,1-7H3. The summed E-state index contributed by atoms with van der Waals surface area (Å²) in [5.74, 6) is -0.0935. The minimum absolute atomic E-state index is 0.0935. The highest BCUT2D eigenvalue weighted by atomic mass is 31.2. The Kier molecular flexibility index (Phi) is 9.33. The molecule has 132 valence electrons. The van der Waals surface area contributed by atoms with Crippen LogP contribution in [0.2, 0.25) is 18.1 Å². The molecule has 0 spiro atoms. The molecule has 0 heterocycles. The summed E-state index contributed by atoms with van der Waals surface area (Å²) < 4.78 is 28.5. The number of carbonyl (C=O) groups is 1. The Labute approximate surface area is 136 Å². The first kappa shape index (κ1) is 22.0. The van der Waals surface area contributed by atoms with Gasteiger partial charge in [-0.15, -0.1) is 0 Å². The van der Waals surface area contributed by atoms with Crippen molar-refractivity contribution >= 4 is 21.7 Å². The third-order valence-electron chi connectivity index (χ3n) is 3.89. The molecular formula is C15H33O5PSi. The largest absolute Gasteiger partial charge is 0.417 e. The van der Waals surface area contributed by atoms with Crippen LogP contribution in [-0.4, -0.2) is 40.1 Å². The van der Waals surface area contributed by atoms with Crippen LogP contribution in [0.4, 0.5) is 0 Å². The number of Topliss-reactive ketones (excluding diaryl/α,β-unsaturated/α-hetero) is 1. The lowest BCUT2D eigenvalue weighted by Crippen LogP contribution is -2.41. The Morgan fingerprint density at radius 1 is 1.09 bits per heavy atom. The van der Waals surface area contributed by atoms with E-state index in [2.05, 4.69) is 33.9 Å². The van der Waals surface area contributed by atoms with E-state index in [1.54, 1.807) is 13.8 Å². The molecule has 0 aliphatic carbocycles. The molecule has 0 fully saturated rings. The second-order valence-electron chi connectivity index (χ2n) is 6.86. The zero-order valence-corrected chi connectivity index (χ0v) is 17.1. The molecule has 0 saturated carbocycles. The molecule has 0 aliphatic rings. The molecule has 0 bridgehead atoms. The summed E-state index contributed by atoms with van der Waals surface area (Å²) in [6.07, 6.45) is 0.844. The Balaban J connectivity index is 4.22. The lowest BCUT2D eigenvalue weighted by molar-refractivity contribution is -0.117. The van der Waals surface area contributed by atoms with E-state index in [0.29, 0.717) is 19.4 Å². The first-order valence-electron chi connectivity index (χ1n) is 8.01. The van der Waals surface area contributed by atoms with Gasteiger partial charge in [0.05, 0.1) is 13.2 Å². The van der Waals surface area contributed by atoms with E-state index in [4.69, 9.17) is 13.5 Å². The van der Waals surface area contributed by atoms with Gasteiger partial charge in [-0.05, 0) is 38.4 Å². The molecule has 0 aromatic heterocycles. The molecule has 0 atom stereocenters. The monoisotopic (exact) mass is 352 g/mol. The van der Waals surface area contributed by atoms with Gasteiger partial charge in [0.25, 0.3) is 0 Å². The van der Waals surface area contributed by atoms with Crippen molar-refractivity contribution < 1.29 is 22.8 Å². The summed E-state index contributed by atoms with van der Waals surface area (Å²) >= 11 is 0. The van der Waals surface area contributed by atoms with E-state index in [1.165, 1.54) is 0 Å². The van der Waals surface area contributed by atoms with E-state index in [-0.39, 0.29) is 30.2 Å². The lowest BCUT2D eigenvalue weighted by Gasteiger charge is -2.36. The second-order valence-corrected chi connectivity index (χ2v) is 13.7. The maximum absolute atomic E-state index is 12.3. The van der Waals surface area contributed by atoms with E-state index < -0.39 is 15.9 Å². The molecule has 0 radical (unpaired) electrons. The highest BCUT2D eigenvalue weighted by molar-refractivity contribution is 7.54. The zero-order valence-electron chi connectivity index (χ0n) is 15.2. The summed E-state index contributed by atoms with van der Waals surface area (Å²) in [7, 11) is -5.03. The van der Waals surface area contributed by atoms with Crippen molar-refractivity contribution in [3.8, 4) is 0 Å². The van der Waals surface area contributed by atoms with Gasteiger partial charge in [-0.1, -0.05) is 20.8 Å². The fraction of sp³-hybridized carbons (Fsp3) is 0.933. The smallest absolute Gasteiger partial charge is 0.338 e. The molecule has 0 amide bonds. The van der Waals surface area contributed by atoms with Crippen molar-refractivity contribution in [2.24, 2.45) is 0 Å². The molecule has 0 aliphatic heterocycles. The van der Waals surface area contributed by atoms with Gasteiger partial charge in [0.1, 0.15) is 11.9 Å². The highest BCUT2D eigenvalue weighted by Gasteiger charge is 2.36. The number of ketones is 1. The average Bonchev–Trinajstić information content (AvgIpc) is 2.33. The van der Waals surface area contributed by atoms with Crippen molar-refractivity contribution in [1.29, 1.82) is 0 Å². The van der Waals surface area contributed by atoms with Gasteiger partial charge in [-0.25, -0.2) is 0 Å². The maximum Gasteiger partial charge on any atom is 0.338 e. The summed E-state index contributed by atoms with van der Waals surface area (Å²) in [6.45, 7) is 15.5. The Morgan fingerprint density at radius 2 is 1.59 bits per heavy atom. The number of hydrogen-bond donors (Lipinski definition) is 0. The van der Waals surface area contributed by atoms with Crippen LogP contribution in [0.3, 0.4) is 0 Å². The molecule has 0 unspecified atom stereocenters. The normalized spacial score (nSPS) is 13.4. The molecule has 0 rings (SSSR count). The van der Waals surface area contributed by atoms with Crippen molar-refractivity contribution in [1.82, 2.24) is 0 Å². The molecule has 0 aromatic carbocycles. The van der Waals surface area contributed by atoms with Gasteiger partial charge >= 0.3 is 7.60 Å². The van der Waals surface area contributed by atoms with Gasteiger partial charge in [0.2, 0.25) is 0 Å². The second kappa shape index (κ2) is 9.33. The van der Waals surface area contributed by atoms with Crippen LogP contribution >= 0.6 is 7.60 Å². The van der Waals surface area contributed by atoms with Gasteiger partial charge < -0.3 is 13.5 Å². The topological polar surface area (TPSA) is 61.8 Å². The molecule has 22 heavy (non-hydrogen) atoms.